The lowest BCUT2D eigenvalue weighted by Gasteiger charge is -2.20. The Morgan fingerprint density at radius 2 is 1.12 bits per heavy atom. The van der Waals surface area contributed by atoms with Crippen molar-refractivity contribution in [2.75, 3.05) is 0 Å². The van der Waals surface area contributed by atoms with Crippen LogP contribution in [0.4, 0.5) is 0 Å². The molecule has 0 radical (unpaired) electrons. The molecule has 0 aliphatic heterocycles. The third-order valence-corrected chi connectivity index (χ3v) is 13.9. The second-order valence-corrected chi connectivity index (χ2v) is 19.1. The maximum atomic E-state index is 12.8. The highest BCUT2D eigenvalue weighted by Gasteiger charge is 2.59. The van der Waals surface area contributed by atoms with Crippen molar-refractivity contribution in [2.45, 2.75) is 177 Å². The lowest BCUT2D eigenvalue weighted by Crippen LogP contribution is -2.23. The maximum absolute atomic E-state index is 12.8. The molecular formula is C48H70O8. The third kappa shape index (κ3) is 11.5. The molecule has 0 saturated heterocycles. The number of aryl methyl sites for hydroxylation is 5. The minimum absolute atomic E-state index is 0.0896. The zero-order valence-electron chi connectivity index (χ0n) is 35.5. The number of unbranched alkanes of at least 4 members (excludes halogenated alkanes) is 4. The smallest absolute Gasteiger partial charge is 0.309 e. The van der Waals surface area contributed by atoms with Crippen LogP contribution in [-0.2, 0) is 51.3 Å². The van der Waals surface area contributed by atoms with Crippen molar-refractivity contribution in [3.8, 4) is 0 Å². The zero-order valence-corrected chi connectivity index (χ0v) is 35.5. The van der Waals surface area contributed by atoms with Crippen LogP contribution < -0.4 is 0 Å². The summed E-state index contributed by atoms with van der Waals surface area (Å²) in [4.78, 5) is 47.7. The van der Waals surface area contributed by atoms with Gasteiger partial charge in [0, 0.05) is 0 Å². The first-order chi connectivity index (χ1) is 26.2. The van der Waals surface area contributed by atoms with Crippen LogP contribution in [0.15, 0.2) is 24.3 Å². The topological polar surface area (TPSA) is 149 Å². The molecular weight excluding hydrogens is 705 g/mol. The lowest BCUT2D eigenvalue weighted by molar-refractivity contribution is -0.148. The van der Waals surface area contributed by atoms with E-state index in [1.54, 1.807) is 27.7 Å². The molecule has 2 atom stereocenters. The summed E-state index contributed by atoms with van der Waals surface area (Å²) in [5.74, 6) is -2.80. The van der Waals surface area contributed by atoms with Gasteiger partial charge in [0.25, 0.3) is 0 Å². The van der Waals surface area contributed by atoms with E-state index in [9.17, 15) is 39.6 Å². The van der Waals surface area contributed by atoms with Gasteiger partial charge in [-0.25, -0.2) is 0 Å². The molecule has 0 bridgehead atoms. The molecule has 4 rings (SSSR count). The quantitative estimate of drug-likeness (QED) is 0.0690. The first-order valence-corrected chi connectivity index (χ1v) is 21.4. The first kappa shape index (κ1) is 45.0. The van der Waals surface area contributed by atoms with E-state index < -0.39 is 45.5 Å². The van der Waals surface area contributed by atoms with Crippen LogP contribution >= 0.6 is 0 Å². The molecule has 0 aromatic heterocycles. The molecule has 56 heavy (non-hydrogen) atoms. The predicted molar refractivity (Wildman–Crippen MR) is 221 cm³/mol. The molecule has 2 aromatic rings. The largest absolute Gasteiger partial charge is 0.481 e. The van der Waals surface area contributed by atoms with E-state index in [4.69, 9.17) is 0 Å². The Bertz CT molecular complexity index is 1730. The Kier molecular flexibility index (Phi) is 15.1. The highest BCUT2D eigenvalue weighted by atomic mass is 16.4. The minimum Gasteiger partial charge on any atom is -0.481 e. The van der Waals surface area contributed by atoms with Crippen LogP contribution in [0.5, 0.6) is 0 Å². The molecule has 8 heteroatoms. The number of hydrogen-bond donors (Lipinski definition) is 4. The van der Waals surface area contributed by atoms with Gasteiger partial charge < -0.3 is 20.4 Å². The molecule has 8 nitrogen and oxygen atoms in total. The van der Waals surface area contributed by atoms with E-state index in [-0.39, 0.29) is 5.92 Å². The van der Waals surface area contributed by atoms with E-state index >= 15 is 0 Å². The monoisotopic (exact) mass is 775 g/mol. The van der Waals surface area contributed by atoms with Crippen molar-refractivity contribution in [2.24, 2.45) is 27.6 Å². The summed E-state index contributed by atoms with van der Waals surface area (Å²) in [6.45, 7) is 13.6. The molecule has 2 aliphatic carbocycles. The van der Waals surface area contributed by atoms with Gasteiger partial charge >= 0.3 is 23.9 Å². The molecule has 2 fully saturated rings. The van der Waals surface area contributed by atoms with Gasteiger partial charge in [-0.15, -0.1) is 0 Å². The number of hydrogen-bond acceptors (Lipinski definition) is 4. The van der Waals surface area contributed by atoms with Crippen molar-refractivity contribution >= 4 is 23.9 Å². The van der Waals surface area contributed by atoms with Crippen molar-refractivity contribution in [3.63, 3.8) is 0 Å². The summed E-state index contributed by atoms with van der Waals surface area (Å²) in [5.41, 5.74) is 7.49. The van der Waals surface area contributed by atoms with Gasteiger partial charge in [0.2, 0.25) is 0 Å². The van der Waals surface area contributed by atoms with Gasteiger partial charge in [0.05, 0.1) is 21.7 Å². The molecule has 2 saturated carbocycles. The lowest BCUT2D eigenvalue weighted by atomic mass is 9.85. The predicted octanol–water partition coefficient (Wildman–Crippen LogP) is 10.9. The molecule has 2 aromatic carbocycles. The number of aliphatic carboxylic acids is 4. The second kappa shape index (κ2) is 18.7. The molecule has 0 amide bonds. The van der Waals surface area contributed by atoms with E-state index in [0.29, 0.717) is 25.7 Å². The van der Waals surface area contributed by atoms with Crippen LogP contribution in [0.25, 0.3) is 0 Å². The standard InChI is InChI=1S/C48H70O8/c1-32-20-21-35(40(34(32)3)19-11-13-23-46(6,7)42(51)52)16-10-15-25-48(44(55)56)31-39(48)30-38-29-37(18-8-12-22-45(4,5)41(49)50)36(28-33(38)2)17-9-14-24-47(26-27-47)43(53)54/h20-21,28-29,39H,8-19,22-27,30-31H2,1-7H3,(H,49,50)(H,51,52)(H,53,54)(H,55,56). The molecule has 0 heterocycles. The van der Waals surface area contributed by atoms with Crippen molar-refractivity contribution in [1.82, 2.24) is 0 Å². The Hall–Kier alpha value is -3.68. The fraction of sp³-hybridized carbons (Fsp3) is 0.667. The Balaban J connectivity index is 1.37. The number of rotatable bonds is 26. The molecule has 2 aliphatic rings. The molecule has 4 N–H and O–H groups in total. The normalized spacial score (nSPS) is 18.8. The van der Waals surface area contributed by atoms with Crippen molar-refractivity contribution < 1.29 is 39.6 Å². The minimum atomic E-state index is -0.780. The highest BCUT2D eigenvalue weighted by Crippen LogP contribution is 2.58. The van der Waals surface area contributed by atoms with E-state index in [1.165, 1.54) is 44.5 Å². The summed E-state index contributed by atoms with van der Waals surface area (Å²) in [7, 11) is 0. The maximum Gasteiger partial charge on any atom is 0.309 e. The fourth-order valence-electron chi connectivity index (χ4n) is 8.87. The summed E-state index contributed by atoms with van der Waals surface area (Å²) in [6, 6.07) is 8.97. The second-order valence-electron chi connectivity index (χ2n) is 19.1. The fourth-order valence-corrected chi connectivity index (χ4v) is 8.87. The van der Waals surface area contributed by atoms with Crippen molar-refractivity contribution in [3.05, 3.63) is 68.8 Å². The number of benzene rings is 2. The number of carbonyl (C=O) groups is 4. The third-order valence-electron chi connectivity index (χ3n) is 13.9. The van der Waals surface area contributed by atoms with Gasteiger partial charge in [0.1, 0.15) is 0 Å². The average Bonchev–Trinajstić information content (AvgIpc) is 4.05. The van der Waals surface area contributed by atoms with Crippen molar-refractivity contribution in [1.29, 1.82) is 0 Å². The van der Waals surface area contributed by atoms with E-state index in [0.717, 1.165) is 103 Å². The summed E-state index contributed by atoms with van der Waals surface area (Å²) in [5, 5.41) is 39.2. The van der Waals surface area contributed by atoms with Gasteiger partial charge in [0.15, 0.2) is 0 Å². The molecule has 2 unspecified atom stereocenters. The average molecular weight is 775 g/mol. The van der Waals surface area contributed by atoms with Crippen LogP contribution in [0.1, 0.15) is 169 Å². The van der Waals surface area contributed by atoms with Crippen LogP contribution in [0.2, 0.25) is 0 Å². The first-order valence-electron chi connectivity index (χ1n) is 21.4. The molecule has 310 valence electrons. The van der Waals surface area contributed by atoms with Gasteiger partial charge in [-0.2, -0.15) is 0 Å². The Morgan fingerprint density at radius 1 is 0.607 bits per heavy atom. The van der Waals surface area contributed by atoms with E-state index in [1.807, 2.05) is 0 Å². The van der Waals surface area contributed by atoms with Gasteiger partial charge in [-0.05, 0) is 202 Å². The molecule has 0 spiro atoms. The van der Waals surface area contributed by atoms with Gasteiger partial charge in [-0.3, -0.25) is 19.2 Å². The van der Waals surface area contributed by atoms with Gasteiger partial charge in [-0.1, -0.05) is 49.9 Å². The zero-order chi connectivity index (χ0) is 41.5. The Labute approximate surface area is 335 Å². The Morgan fingerprint density at radius 3 is 1.66 bits per heavy atom. The highest BCUT2D eigenvalue weighted by molar-refractivity contribution is 5.79. The van der Waals surface area contributed by atoms with Crippen LogP contribution in [0, 0.1) is 48.3 Å². The van der Waals surface area contributed by atoms with Crippen LogP contribution in [-0.4, -0.2) is 44.3 Å². The van der Waals surface area contributed by atoms with E-state index in [2.05, 4.69) is 45.0 Å². The number of carboxylic acid groups (broad SMARTS) is 4. The number of carboxylic acids is 4. The SMILES string of the molecule is Cc1cc(CCCCC2(C(=O)O)CC2)c(CCCCC(C)(C)C(=O)O)cc1CC1CC1(CCCCc1ccc(C)c(C)c1CCCCC(C)(C)C(=O)O)C(=O)O. The van der Waals surface area contributed by atoms with Crippen LogP contribution in [0.3, 0.4) is 0 Å². The summed E-state index contributed by atoms with van der Waals surface area (Å²) in [6.07, 6.45) is 16.2. The summed E-state index contributed by atoms with van der Waals surface area (Å²) >= 11 is 0. The summed E-state index contributed by atoms with van der Waals surface area (Å²) < 4.78 is 0.